The second-order valence-electron chi connectivity index (χ2n) is 5.61. The van der Waals surface area contributed by atoms with E-state index in [0.29, 0.717) is 0 Å². The molecule has 4 rings (SSSR count). The van der Waals surface area contributed by atoms with Crippen LogP contribution in [0.15, 0.2) is 60.0 Å². The summed E-state index contributed by atoms with van der Waals surface area (Å²) < 4.78 is 4.65. The summed E-state index contributed by atoms with van der Waals surface area (Å²) in [6.07, 6.45) is 0. The van der Waals surface area contributed by atoms with Gasteiger partial charge >= 0.3 is 4.96 Å². The van der Waals surface area contributed by atoms with Crippen LogP contribution in [-0.4, -0.2) is 4.40 Å². The lowest BCUT2D eigenvalue weighted by atomic mass is 10.1. The molecule has 0 bridgehead atoms. The van der Waals surface area contributed by atoms with E-state index in [-0.39, 0.29) is 0 Å². The van der Waals surface area contributed by atoms with Gasteiger partial charge in [0.1, 0.15) is 11.4 Å². The highest BCUT2D eigenvalue weighted by Gasteiger charge is 2.27. The predicted molar refractivity (Wildman–Crippen MR) is 96.7 cm³/mol. The first-order chi connectivity index (χ1) is 11.2. The second kappa shape index (κ2) is 5.52. The van der Waals surface area contributed by atoms with Crippen LogP contribution in [0.3, 0.4) is 0 Å². The van der Waals surface area contributed by atoms with Crippen LogP contribution in [0.4, 0.5) is 0 Å². The fourth-order valence-electron chi connectivity index (χ4n) is 3.06. The molecule has 0 unspecified atom stereocenters. The van der Waals surface area contributed by atoms with Gasteiger partial charge in [-0.15, -0.1) is 0 Å². The number of halogens is 1. The number of rotatable bonds is 2. The Hall–Kier alpha value is -2.10. The Bertz CT molecular complexity index is 982. The first-order valence-electron chi connectivity index (χ1n) is 7.49. The van der Waals surface area contributed by atoms with E-state index in [2.05, 4.69) is 64.6 Å². The number of thiazole rings is 1. The molecular weight excluding hydrogens is 324 g/mol. The minimum Gasteiger partial charge on any atom is -0.183 e. The van der Waals surface area contributed by atoms with Crippen molar-refractivity contribution in [2.75, 3.05) is 0 Å². The molecule has 0 saturated carbocycles. The maximum absolute atomic E-state index is 6.06. The number of hydrogen-bond acceptors (Lipinski definition) is 1. The SMILES string of the molecule is Cc1csc2n1c(-c1ccc(Cl)cc1)c(C)[n+]2-c1ccccc1. The highest BCUT2D eigenvalue weighted by atomic mass is 35.5. The zero-order valence-corrected chi connectivity index (χ0v) is 14.5. The molecule has 0 amide bonds. The molecule has 114 valence electrons. The first-order valence-corrected chi connectivity index (χ1v) is 8.75. The average molecular weight is 340 g/mol. The van der Waals surface area contributed by atoms with Crippen LogP contribution in [0.1, 0.15) is 11.4 Å². The Morgan fingerprint density at radius 2 is 1.65 bits per heavy atom. The third-order valence-electron chi connectivity index (χ3n) is 4.10. The zero-order chi connectivity index (χ0) is 16.0. The van der Waals surface area contributed by atoms with Crippen molar-refractivity contribution >= 4 is 27.9 Å². The monoisotopic (exact) mass is 339 g/mol. The number of aryl methyl sites for hydroxylation is 1. The van der Waals surface area contributed by atoms with Crippen LogP contribution in [0, 0.1) is 13.8 Å². The quantitative estimate of drug-likeness (QED) is 0.443. The molecule has 23 heavy (non-hydrogen) atoms. The van der Waals surface area contributed by atoms with E-state index in [0.717, 1.165) is 5.02 Å². The average Bonchev–Trinajstić information content (AvgIpc) is 3.06. The molecule has 2 nitrogen and oxygen atoms in total. The molecule has 2 aromatic heterocycles. The van der Waals surface area contributed by atoms with E-state index < -0.39 is 0 Å². The third-order valence-corrected chi connectivity index (χ3v) is 5.39. The van der Waals surface area contributed by atoms with Gasteiger partial charge in [-0.1, -0.05) is 41.1 Å². The van der Waals surface area contributed by atoms with Crippen LogP contribution in [0.5, 0.6) is 0 Å². The number of benzene rings is 2. The smallest absolute Gasteiger partial charge is 0.183 e. The number of fused-ring (bicyclic) bond motifs is 1. The van der Waals surface area contributed by atoms with E-state index in [1.165, 1.54) is 33.3 Å². The van der Waals surface area contributed by atoms with Crippen molar-refractivity contribution in [3.8, 4) is 16.9 Å². The molecule has 0 fully saturated rings. The summed E-state index contributed by atoms with van der Waals surface area (Å²) in [7, 11) is 0. The molecule has 2 aromatic carbocycles. The molecule has 4 aromatic rings. The minimum absolute atomic E-state index is 0.761. The van der Waals surface area contributed by atoms with E-state index in [1.54, 1.807) is 11.3 Å². The fourth-order valence-corrected chi connectivity index (χ4v) is 4.25. The maximum atomic E-state index is 6.06. The Morgan fingerprint density at radius 1 is 0.957 bits per heavy atom. The van der Waals surface area contributed by atoms with E-state index in [4.69, 9.17) is 11.6 Å². The van der Waals surface area contributed by atoms with Gasteiger partial charge in [0.05, 0.1) is 0 Å². The van der Waals surface area contributed by atoms with Crippen molar-refractivity contribution in [2.24, 2.45) is 0 Å². The zero-order valence-electron chi connectivity index (χ0n) is 13.0. The Morgan fingerprint density at radius 3 is 2.35 bits per heavy atom. The van der Waals surface area contributed by atoms with Crippen molar-refractivity contribution in [3.05, 3.63) is 76.4 Å². The Labute approximate surface area is 144 Å². The van der Waals surface area contributed by atoms with Gasteiger partial charge in [-0.05, 0) is 43.3 Å². The molecule has 0 radical (unpaired) electrons. The summed E-state index contributed by atoms with van der Waals surface area (Å²) in [6, 6.07) is 18.6. The maximum Gasteiger partial charge on any atom is 0.351 e. The van der Waals surface area contributed by atoms with Gasteiger partial charge in [0.25, 0.3) is 0 Å². The lowest BCUT2D eigenvalue weighted by Gasteiger charge is -2.00. The van der Waals surface area contributed by atoms with Crippen molar-refractivity contribution in [1.82, 2.24) is 4.40 Å². The molecule has 4 heteroatoms. The highest BCUT2D eigenvalue weighted by Crippen LogP contribution is 2.29. The Balaban J connectivity index is 2.07. The van der Waals surface area contributed by atoms with Crippen LogP contribution in [-0.2, 0) is 0 Å². The molecule has 0 spiro atoms. The van der Waals surface area contributed by atoms with E-state index in [9.17, 15) is 0 Å². The van der Waals surface area contributed by atoms with E-state index >= 15 is 0 Å². The molecule has 0 aliphatic carbocycles. The highest BCUT2D eigenvalue weighted by molar-refractivity contribution is 7.14. The minimum atomic E-state index is 0.761. The summed E-state index contributed by atoms with van der Waals surface area (Å²) in [5.74, 6) is 0. The predicted octanol–water partition coefficient (Wildman–Crippen LogP) is 5.21. The molecular formula is C19H16ClN2S+. The second-order valence-corrected chi connectivity index (χ2v) is 6.88. The summed E-state index contributed by atoms with van der Waals surface area (Å²) in [5.41, 5.74) is 6.06. The van der Waals surface area contributed by atoms with Gasteiger partial charge in [0.2, 0.25) is 0 Å². The first kappa shape index (κ1) is 14.5. The number of hydrogen-bond donors (Lipinski definition) is 0. The lowest BCUT2D eigenvalue weighted by molar-refractivity contribution is -0.571. The standard InChI is InChI=1S/C19H16ClN2S/c1-13-12-23-19-21(13)18(15-8-10-16(20)11-9-15)14(2)22(19)17-6-4-3-5-7-17/h3-12H,1-2H3/q+1. The summed E-state index contributed by atoms with van der Waals surface area (Å²) in [5, 5.41) is 2.96. The van der Waals surface area contributed by atoms with Gasteiger partial charge < -0.3 is 0 Å². The third kappa shape index (κ3) is 2.28. The number of nitrogens with zero attached hydrogens (tertiary/aromatic N) is 2. The van der Waals surface area contributed by atoms with Gasteiger partial charge in [0, 0.05) is 22.9 Å². The lowest BCUT2D eigenvalue weighted by Crippen LogP contribution is -2.31. The number of aromatic nitrogens is 2. The fraction of sp³-hybridized carbons (Fsp3) is 0.105. The molecule has 0 saturated heterocycles. The van der Waals surface area contributed by atoms with Gasteiger partial charge in [-0.2, -0.15) is 8.97 Å². The molecule has 2 heterocycles. The molecule has 0 aliphatic heterocycles. The van der Waals surface area contributed by atoms with Gasteiger partial charge in [-0.3, -0.25) is 0 Å². The van der Waals surface area contributed by atoms with Crippen LogP contribution in [0.25, 0.3) is 21.9 Å². The van der Waals surface area contributed by atoms with Crippen molar-refractivity contribution in [2.45, 2.75) is 13.8 Å². The normalized spacial score (nSPS) is 11.3. The molecule has 0 atom stereocenters. The van der Waals surface area contributed by atoms with Gasteiger partial charge in [0.15, 0.2) is 11.4 Å². The molecule has 0 N–H and O–H groups in total. The van der Waals surface area contributed by atoms with Crippen LogP contribution < -0.4 is 4.57 Å². The van der Waals surface area contributed by atoms with Gasteiger partial charge in [-0.25, -0.2) is 0 Å². The Kier molecular flexibility index (Phi) is 3.47. The largest absolute Gasteiger partial charge is 0.351 e. The molecule has 0 aliphatic rings. The van der Waals surface area contributed by atoms with Crippen molar-refractivity contribution in [3.63, 3.8) is 0 Å². The summed E-state index contributed by atoms with van der Waals surface area (Å²) in [4.78, 5) is 1.22. The van der Waals surface area contributed by atoms with E-state index in [1.807, 2.05) is 18.2 Å². The van der Waals surface area contributed by atoms with Crippen LogP contribution in [0.2, 0.25) is 5.02 Å². The van der Waals surface area contributed by atoms with Crippen LogP contribution >= 0.6 is 22.9 Å². The summed E-state index contributed by atoms with van der Waals surface area (Å²) in [6.45, 7) is 4.33. The van der Waals surface area contributed by atoms with Crippen molar-refractivity contribution in [1.29, 1.82) is 0 Å². The summed E-state index contributed by atoms with van der Waals surface area (Å²) >= 11 is 7.83. The number of para-hydroxylation sites is 1. The number of imidazole rings is 1. The topological polar surface area (TPSA) is 8.29 Å². The van der Waals surface area contributed by atoms with Crippen molar-refractivity contribution < 1.29 is 4.57 Å².